The van der Waals surface area contributed by atoms with Gasteiger partial charge >= 0.3 is 6.09 Å². The highest BCUT2D eigenvalue weighted by Gasteiger charge is 2.15. The first-order valence-corrected chi connectivity index (χ1v) is 7.74. The van der Waals surface area contributed by atoms with Crippen molar-refractivity contribution in [1.82, 2.24) is 10.6 Å². The average molecular weight is 308 g/mol. The summed E-state index contributed by atoms with van der Waals surface area (Å²) in [7, 11) is 0. The Morgan fingerprint density at radius 1 is 1.23 bits per heavy atom. The number of nitrogens with one attached hydrogen (secondary N) is 2. The molecule has 3 N–H and O–H groups in total. The molecule has 124 valence electrons. The van der Waals surface area contributed by atoms with Crippen LogP contribution in [0.1, 0.15) is 39.7 Å². The average Bonchev–Trinajstić information content (AvgIpc) is 2.39. The summed E-state index contributed by atoms with van der Waals surface area (Å²) in [5.41, 5.74) is 0.728. The van der Waals surface area contributed by atoms with Crippen molar-refractivity contribution in [1.29, 1.82) is 0 Å². The van der Waals surface area contributed by atoms with Gasteiger partial charge in [-0.25, -0.2) is 4.79 Å². The summed E-state index contributed by atoms with van der Waals surface area (Å²) in [5.74, 6) is 0.289. The van der Waals surface area contributed by atoms with Gasteiger partial charge in [-0.05, 0) is 64.8 Å². The van der Waals surface area contributed by atoms with Gasteiger partial charge in [-0.2, -0.15) is 0 Å². The molecule has 1 amide bonds. The van der Waals surface area contributed by atoms with Crippen molar-refractivity contribution in [3.05, 3.63) is 29.8 Å². The summed E-state index contributed by atoms with van der Waals surface area (Å²) in [4.78, 5) is 11.5. The number of hydrogen-bond acceptors (Lipinski definition) is 4. The van der Waals surface area contributed by atoms with E-state index >= 15 is 0 Å². The smallest absolute Gasteiger partial charge is 0.407 e. The van der Waals surface area contributed by atoms with Gasteiger partial charge in [-0.3, -0.25) is 0 Å². The zero-order valence-electron chi connectivity index (χ0n) is 14.0. The van der Waals surface area contributed by atoms with E-state index in [2.05, 4.69) is 17.6 Å². The summed E-state index contributed by atoms with van der Waals surface area (Å²) < 4.78 is 5.16. The number of ether oxygens (including phenoxy) is 1. The first-order chi connectivity index (χ1) is 10.3. The lowest BCUT2D eigenvalue weighted by atomic mass is 10.1. The van der Waals surface area contributed by atoms with E-state index in [0.717, 1.165) is 19.4 Å². The molecule has 0 spiro atoms. The van der Waals surface area contributed by atoms with Crippen LogP contribution in [0.2, 0.25) is 0 Å². The fraction of sp³-hybridized carbons (Fsp3) is 0.588. The second-order valence-electron chi connectivity index (χ2n) is 6.51. The van der Waals surface area contributed by atoms with Crippen molar-refractivity contribution in [2.75, 3.05) is 13.1 Å². The van der Waals surface area contributed by atoms with Gasteiger partial charge < -0.3 is 20.5 Å². The molecule has 0 aliphatic carbocycles. The van der Waals surface area contributed by atoms with E-state index in [1.54, 1.807) is 12.1 Å². The fourth-order valence-electron chi connectivity index (χ4n) is 2.00. The molecule has 0 saturated heterocycles. The number of benzene rings is 1. The Labute approximate surface area is 133 Å². The highest BCUT2D eigenvalue weighted by atomic mass is 16.6. The molecule has 5 heteroatoms. The minimum atomic E-state index is -0.457. The Hall–Kier alpha value is -1.75. The Morgan fingerprint density at radius 3 is 2.45 bits per heavy atom. The highest BCUT2D eigenvalue weighted by Crippen LogP contribution is 2.11. The molecule has 5 nitrogen and oxygen atoms in total. The minimum Gasteiger partial charge on any atom is -0.508 e. The monoisotopic (exact) mass is 308 g/mol. The van der Waals surface area contributed by atoms with E-state index in [-0.39, 0.29) is 11.8 Å². The number of rotatable bonds is 7. The van der Waals surface area contributed by atoms with Crippen LogP contribution in [-0.4, -0.2) is 35.9 Å². The maximum absolute atomic E-state index is 11.5. The van der Waals surface area contributed by atoms with Crippen LogP contribution in [0, 0.1) is 0 Å². The zero-order valence-corrected chi connectivity index (χ0v) is 14.0. The molecule has 0 aliphatic heterocycles. The molecular formula is C17H28N2O3. The third-order valence-corrected chi connectivity index (χ3v) is 2.99. The quantitative estimate of drug-likeness (QED) is 0.677. The van der Waals surface area contributed by atoms with E-state index in [4.69, 9.17) is 4.74 Å². The van der Waals surface area contributed by atoms with E-state index in [9.17, 15) is 9.90 Å². The van der Waals surface area contributed by atoms with Crippen molar-refractivity contribution in [2.24, 2.45) is 0 Å². The van der Waals surface area contributed by atoms with E-state index in [1.165, 1.54) is 5.56 Å². The third kappa shape index (κ3) is 8.52. The Morgan fingerprint density at radius 2 is 1.86 bits per heavy atom. The Kier molecular flexibility index (Phi) is 7.18. The number of phenolic OH excluding ortho intramolecular Hbond substituents is 1. The topological polar surface area (TPSA) is 70.6 Å². The van der Waals surface area contributed by atoms with Gasteiger partial charge in [0.15, 0.2) is 0 Å². The first kappa shape index (κ1) is 18.3. The zero-order chi connectivity index (χ0) is 16.6. The Balaban J connectivity index is 2.11. The molecule has 1 atom stereocenters. The van der Waals surface area contributed by atoms with Gasteiger partial charge in [-0.15, -0.1) is 0 Å². The van der Waals surface area contributed by atoms with Gasteiger partial charge in [0.05, 0.1) is 0 Å². The summed E-state index contributed by atoms with van der Waals surface area (Å²) in [6.45, 7) is 9.08. The molecule has 1 unspecified atom stereocenters. The first-order valence-electron chi connectivity index (χ1n) is 7.74. The summed E-state index contributed by atoms with van der Waals surface area (Å²) in [6.07, 6.45) is 1.38. The number of carbonyl (C=O) groups excluding carboxylic acids is 1. The molecule has 1 aromatic carbocycles. The molecule has 0 heterocycles. The van der Waals surface area contributed by atoms with Gasteiger partial charge in [0.1, 0.15) is 11.4 Å². The Bertz CT molecular complexity index is 452. The third-order valence-electron chi connectivity index (χ3n) is 2.99. The molecular weight excluding hydrogens is 280 g/mol. The molecule has 0 aliphatic rings. The van der Waals surface area contributed by atoms with E-state index < -0.39 is 5.60 Å². The van der Waals surface area contributed by atoms with Crippen LogP contribution in [0.25, 0.3) is 0 Å². The number of amides is 1. The van der Waals surface area contributed by atoms with Crippen LogP contribution in [-0.2, 0) is 11.2 Å². The largest absolute Gasteiger partial charge is 0.508 e. The standard InChI is InChI=1S/C17H28N2O3/c1-13(12-14-6-8-15(20)9-7-14)18-10-5-11-19-16(21)22-17(2,3)4/h6-9,13,18,20H,5,10-12H2,1-4H3,(H,19,21). The van der Waals surface area contributed by atoms with Crippen molar-refractivity contribution >= 4 is 6.09 Å². The highest BCUT2D eigenvalue weighted by molar-refractivity contribution is 5.67. The molecule has 0 fully saturated rings. The second kappa shape index (κ2) is 8.63. The van der Waals surface area contributed by atoms with Crippen molar-refractivity contribution in [3.63, 3.8) is 0 Å². The van der Waals surface area contributed by atoms with Crippen LogP contribution < -0.4 is 10.6 Å². The van der Waals surface area contributed by atoms with E-state index in [0.29, 0.717) is 12.6 Å². The number of carbonyl (C=O) groups is 1. The molecule has 0 radical (unpaired) electrons. The predicted octanol–water partition coefficient (Wildman–Crippen LogP) is 2.83. The summed E-state index contributed by atoms with van der Waals surface area (Å²) >= 11 is 0. The summed E-state index contributed by atoms with van der Waals surface area (Å²) in [6, 6.07) is 7.60. The summed E-state index contributed by atoms with van der Waals surface area (Å²) in [5, 5.41) is 15.4. The van der Waals surface area contributed by atoms with Crippen LogP contribution in [0.4, 0.5) is 4.79 Å². The minimum absolute atomic E-state index is 0.289. The second-order valence-corrected chi connectivity index (χ2v) is 6.51. The number of alkyl carbamates (subject to hydrolysis) is 1. The fourth-order valence-corrected chi connectivity index (χ4v) is 2.00. The molecule has 22 heavy (non-hydrogen) atoms. The van der Waals surface area contributed by atoms with E-state index in [1.807, 2.05) is 32.9 Å². The van der Waals surface area contributed by atoms with Gasteiger partial charge in [0.25, 0.3) is 0 Å². The lowest BCUT2D eigenvalue weighted by molar-refractivity contribution is 0.0527. The molecule has 1 aromatic rings. The van der Waals surface area contributed by atoms with Gasteiger partial charge in [-0.1, -0.05) is 12.1 Å². The molecule has 0 aromatic heterocycles. The lowest BCUT2D eigenvalue weighted by Crippen LogP contribution is -2.35. The molecule has 0 saturated carbocycles. The number of phenols is 1. The van der Waals surface area contributed by atoms with Gasteiger partial charge in [0, 0.05) is 12.6 Å². The van der Waals surface area contributed by atoms with Crippen LogP contribution >= 0.6 is 0 Å². The van der Waals surface area contributed by atoms with Crippen molar-refractivity contribution in [3.8, 4) is 5.75 Å². The normalized spacial score (nSPS) is 12.7. The van der Waals surface area contributed by atoms with Gasteiger partial charge in [0.2, 0.25) is 0 Å². The lowest BCUT2D eigenvalue weighted by Gasteiger charge is -2.19. The molecule has 1 rings (SSSR count). The molecule has 0 bridgehead atoms. The van der Waals surface area contributed by atoms with Crippen molar-refractivity contribution < 1.29 is 14.6 Å². The van der Waals surface area contributed by atoms with Crippen LogP contribution in [0.5, 0.6) is 5.75 Å². The van der Waals surface area contributed by atoms with Crippen LogP contribution in [0.3, 0.4) is 0 Å². The number of aromatic hydroxyl groups is 1. The maximum atomic E-state index is 11.5. The number of hydrogen-bond donors (Lipinski definition) is 3. The maximum Gasteiger partial charge on any atom is 0.407 e. The SMILES string of the molecule is CC(Cc1ccc(O)cc1)NCCCNC(=O)OC(C)(C)C. The van der Waals surface area contributed by atoms with Crippen molar-refractivity contribution in [2.45, 2.75) is 52.2 Å². The van der Waals surface area contributed by atoms with Crippen LogP contribution in [0.15, 0.2) is 24.3 Å². The predicted molar refractivity (Wildman–Crippen MR) is 88.1 cm³/mol.